The number of sulfonamides is 1. The van der Waals surface area contributed by atoms with Crippen LogP contribution in [0.25, 0.3) is 0 Å². The average molecular weight is 560 g/mol. The molecule has 0 saturated carbocycles. The fourth-order valence-electron chi connectivity index (χ4n) is 4.32. The molecule has 0 bridgehead atoms. The Morgan fingerprint density at radius 2 is 1.89 bits per heavy atom. The number of likely N-dealkylation sites (N-methyl/N-ethyl adjacent to an activating group) is 1. The smallest absolute Gasteiger partial charge is 0.242 e. The van der Waals surface area contributed by atoms with Gasteiger partial charge in [0.25, 0.3) is 0 Å². The molecule has 3 N–H and O–H groups in total. The molecule has 2 heterocycles. The van der Waals surface area contributed by atoms with E-state index >= 15 is 0 Å². The molecule has 12 heteroatoms. The van der Waals surface area contributed by atoms with Crippen molar-refractivity contribution < 1.29 is 13.2 Å². The first-order valence-electron chi connectivity index (χ1n) is 12.3. The Kier molecular flexibility index (Phi) is 8.61. The molecule has 1 aromatic heterocycles. The number of methoxy groups -OCH3 is 1. The molecule has 1 aliphatic rings. The molecular weight excluding hydrogens is 526 g/mol. The topological polar surface area (TPSA) is 112 Å². The molecule has 4 rings (SSSR count). The number of nitrogens with one attached hydrogen (secondary N) is 3. The minimum absolute atomic E-state index is 0.0913. The molecule has 10 nitrogen and oxygen atoms in total. The van der Waals surface area contributed by atoms with E-state index in [1.165, 1.54) is 12.3 Å². The van der Waals surface area contributed by atoms with Crippen LogP contribution in [-0.4, -0.2) is 69.7 Å². The second-order valence-electron chi connectivity index (χ2n) is 9.65. The van der Waals surface area contributed by atoms with Crippen LogP contribution in [0.1, 0.15) is 20.3 Å². The normalized spacial score (nSPS) is 15.8. The van der Waals surface area contributed by atoms with Crippen molar-refractivity contribution in [3.05, 3.63) is 53.7 Å². The Hall–Kier alpha value is -3.12. The third-order valence-corrected chi connectivity index (χ3v) is 8.25. The van der Waals surface area contributed by atoms with E-state index in [2.05, 4.69) is 49.2 Å². The summed E-state index contributed by atoms with van der Waals surface area (Å²) in [5, 5.41) is 6.48. The lowest BCUT2D eigenvalue weighted by Crippen LogP contribution is -2.31. The van der Waals surface area contributed by atoms with Crippen LogP contribution < -0.4 is 25.0 Å². The second kappa shape index (κ2) is 11.7. The van der Waals surface area contributed by atoms with Gasteiger partial charge in [-0.2, -0.15) is 4.98 Å². The molecule has 1 fully saturated rings. The zero-order valence-corrected chi connectivity index (χ0v) is 23.8. The van der Waals surface area contributed by atoms with Crippen molar-refractivity contribution in [3.8, 4) is 5.75 Å². The van der Waals surface area contributed by atoms with Gasteiger partial charge in [0.2, 0.25) is 16.0 Å². The van der Waals surface area contributed by atoms with E-state index in [0.717, 1.165) is 25.2 Å². The first kappa shape index (κ1) is 27.9. The van der Waals surface area contributed by atoms with Crippen LogP contribution in [0.15, 0.2) is 53.6 Å². The Morgan fingerprint density at radius 3 is 2.58 bits per heavy atom. The Bertz CT molecular complexity index is 1390. The van der Waals surface area contributed by atoms with Gasteiger partial charge in [0.15, 0.2) is 5.82 Å². The first-order valence-corrected chi connectivity index (χ1v) is 14.2. The largest absolute Gasteiger partial charge is 0.494 e. The molecule has 204 valence electrons. The highest BCUT2D eigenvalue weighted by Crippen LogP contribution is 2.34. The van der Waals surface area contributed by atoms with Crippen molar-refractivity contribution in [1.29, 1.82) is 0 Å². The summed E-state index contributed by atoms with van der Waals surface area (Å²) in [4.78, 5) is 13.5. The number of anilines is 5. The first-order chi connectivity index (χ1) is 18.1. The van der Waals surface area contributed by atoms with Crippen molar-refractivity contribution in [2.45, 2.75) is 37.2 Å². The molecule has 1 atom stereocenters. The predicted octanol–water partition coefficient (Wildman–Crippen LogP) is 4.45. The fourth-order valence-corrected chi connectivity index (χ4v) is 5.87. The molecular formula is C26H34ClN7O3S. The summed E-state index contributed by atoms with van der Waals surface area (Å²) >= 11 is 6.37. The van der Waals surface area contributed by atoms with Crippen molar-refractivity contribution in [3.63, 3.8) is 0 Å². The van der Waals surface area contributed by atoms with E-state index in [9.17, 15) is 8.42 Å². The number of hydrogen-bond acceptors (Lipinski definition) is 9. The molecule has 0 aliphatic carbocycles. The summed E-state index contributed by atoms with van der Waals surface area (Å²) in [6.07, 6.45) is 2.57. The molecule has 3 aromatic rings. The molecule has 0 spiro atoms. The van der Waals surface area contributed by atoms with Crippen LogP contribution >= 0.6 is 11.6 Å². The Labute approximate surface area is 229 Å². The molecule has 1 saturated heterocycles. The number of ether oxygens (including phenoxy) is 1. The molecule has 2 aromatic carbocycles. The van der Waals surface area contributed by atoms with Gasteiger partial charge >= 0.3 is 0 Å². The van der Waals surface area contributed by atoms with Crippen LogP contribution in [0.2, 0.25) is 5.02 Å². The summed E-state index contributed by atoms with van der Waals surface area (Å²) in [5.74, 6) is 1.19. The Balaban J connectivity index is 1.56. The number of halogens is 1. The van der Waals surface area contributed by atoms with Gasteiger partial charge < -0.3 is 25.2 Å². The number of benzene rings is 2. The lowest BCUT2D eigenvalue weighted by Gasteiger charge is -2.23. The summed E-state index contributed by atoms with van der Waals surface area (Å²) in [6.45, 7) is 5.47. The van der Waals surface area contributed by atoms with Gasteiger partial charge in [0.05, 0.1) is 24.7 Å². The zero-order valence-electron chi connectivity index (χ0n) is 22.2. The molecule has 0 unspecified atom stereocenters. The van der Waals surface area contributed by atoms with Crippen LogP contribution in [0, 0.1) is 0 Å². The predicted molar refractivity (Wildman–Crippen MR) is 153 cm³/mol. The minimum atomic E-state index is -3.75. The summed E-state index contributed by atoms with van der Waals surface area (Å²) < 4.78 is 33.9. The highest BCUT2D eigenvalue weighted by molar-refractivity contribution is 7.89. The van der Waals surface area contributed by atoms with Gasteiger partial charge in [-0.15, -0.1) is 0 Å². The lowest BCUT2D eigenvalue weighted by atomic mass is 10.2. The number of rotatable bonds is 10. The third-order valence-electron chi connectivity index (χ3n) is 6.26. The van der Waals surface area contributed by atoms with Crippen molar-refractivity contribution in [2.24, 2.45) is 0 Å². The monoisotopic (exact) mass is 559 g/mol. The van der Waals surface area contributed by atoms with E-state index in [1.54, 1.807) is 39.2 Å². The summed E-state index contributed by atoms with van der Waals surface area (Å²) in [5.41, 5.74) is 2.12. The minimum Gasteiger partial charge on any atom is -0.494 e. The maximum absolute atomic E-state index is 12.8. The van der Waals surface area contributed by atoms with E-state index in [1.807, 2.05) is 18.2 Å². The molecule has 0 radical (unpaired) electrons. The Morgan fingerprint density at radius 1 is 1.13 bits per heavy atom. The molecule has 38 heavy (non-hydrogen) atoms. The maximum atomic E-state index is 12.8. The van der Waals surface area contributed by atoms with Gasteiger partial charge in [0, 0.05) is 36.9 Å². The van der Waals surface area contributed by atoms with Gasteiger partial charge in [0.1, 0.15) is 15.7 Å². The van der Waals surface area contributed by atoms with Gasteiger partial charge in [-0.1, -0.05) is 23.7 Å². The summed E-state index contributed by atoms with van der Waals surface area (Å²) in [6, 6.07) is 12.8. The van der Waals surface area contributed by atoms with E-state index in [0.29, 0.717) is 23.2 Å². The number of nitrogens with zero attached hydrogens (tertiary/aromatic N) is 4. The van der Waals surface area contributed by atoms with Gasteiger partial charge in [-0.3, -0.25) is 0 Å². The highest BCUT2D eigenvalue weighted by Gasteiger charge is 2.25. The fraction of sp³-hybridized carbons (Fsp3) is 0.385. The van der Waals surface area contributed by atoms with Crippen molar-refractivity contribution >= 4 is 50.5 Å². The van der Waals surface area contributed by atoms with E-state index in [4.69, 9.17) is 16.3 Å². The van der Waals surface area contributed by atoms with Crippen LogP contribution in [0.5, 0.6) is 5.75 Å². The lowest BCUT2D eigenvalue weighted by molar-refractivity contribution is 0.315. The van der Waals surface area contributed by atoms with E-state index < -0.39 is 10.0 Å². The number of aromatic nitrogens is 2. The quantitative estimate of drug-likeness (QED) is 0.331. The average Bonchev–Trinajstić information content (AvgIpc) is 3.37. The van der Waals surface area contributed by atoms with Crippen LogP contribution in [0.4, 0.5) is 28.8 Å². The van der Waals surface area contributed by atoms with Gasteiger partial charge in [-0.25, -0.2) is 18.1 Å². The van der Waals surface area contributed by atoms with E-state index in [-0.39, 0.29) is 27.7 Å². The van der Waals surface area contributed by atoms with Crippen LogP contribution in [-0.2, 0) is 10.0 Å². The molecule has 1 aliphatic heterocycles. The zero-order chi connectivity index (χ0) is 27.4. The van der Waals surface area contributed by atoms with Crippen molar-refractivity contribution in [2.75, 3.05) is 49.8 Å². The molecule has 0 amide bonds. The standard InChI is InChI=1S/C26H34ClN7O3S/c1-17(2)32-38(35,36)24-9-7-6-8-22(24)29-25-20(27)15-28-26(31-25)30-21-11-10-18(14-23(21)37-5)34-13-12-19(16-34)33(3)4/h6-11,14-15,17,19,32H,12-13,16H2,1-5H3,(H2,28,29,30,31)/t19-/m0/s1. The number of hydrogen-bond donors (Lipinski definition) is 3. The SMILES string of the molecule is COc1cc(N2CC[C@H](N(C)C)C2)ccc1Nc1ncc(Cl)c(Nc2ccccc2S(=O)(=O)NC(C)C)n1. The maximum Gasteiger partial charge on any atom is 0.242 e. The van der Waals surface area contributed by atoms with Gasteiger partial charge in [-0.05, 0) is 58.6 Å². The second-order valence-corrected chi connectivity index (χ2v) is 11.7. The highest BCUT2D eigenvalue weighted by atomic mass is 35.5. The van der Waals surface area contributed by atoms with Crippen molar-refractivity contribution in [1.82, 2.24) is 19.6 Å². The summed E-state index contributed by atoms with van der Waals surface area (Å²) in [7, 11) is 2.09. The number of para-hydroxylation sites is 1. The third kappa shape index (κ3) is 6.47. The van der Waals surface area contributed by atoms with Crippen LogP contribution in [0.3, 0.4) is 0 Å².